The molecule has 8 heteroatoms. The van der Waals surface area contributed by atoms with E-state index in [0.717, 1.165) is 27.8 Å². The van der Waals surface area contributed by atoms with Crippen molar-refractivity contribution in [1.29, 1.82) is 0 Å². The van der Waals surface area contributed by atoms with Crippen LogP contribution in [0.2, 0.25) is 0 Å². The van der Waals surface area contributed by atoms with Crippen molar-refractivity contribution in [1.82, 2.24) is 25.1 Å². The van der Waals surface area contributed by atoms with Gasteiger partial charge in [-0.15, -0.1) is 21.5 Å². The summed E-state index contributed by atoms with van der Waals surface area (Å²) >= 11 is 2.93. The Balaban J connectivity index is 1.65. The first-order valence-corrected chi connectivity index (χ1v) is 8.10. The first kappa shape index (κ1) is 12.5. The van der Waals surface area contributed by atoms with E-state index in [9.17, 15) is 0 Å². The predicted molar refractivity (Wildman–Crippen MR) is 85.3 cm³/mol. The van der Waals surface area contributed by atoms with Gasteiger partial charge in [0.1, 0.15) is 5.52 Å². The second-order valence-corrected chi connectivity index (χ2v) is 6.26. The summed E-state index contributed by atoms with van der Waals surface area (Å²) in [5.41, 5.74) is 9.12. The number of benzene rings is 1. The molecule has 0 spiro atoms. The number of thiazole rings is 1. The Morgan fingerprint density at radius 2 is 2.10 bits per heavy atom. The summed E-state index contributed by atoms with van der Waals surface area (Å²) in [6, 6.07) is 7.97. The minimum Gasteiger partial charge on any atom is -0.375 e. The quantitative estimate of drug-likeness (QED) is 0.565. The van der Waals surface area contributed by atoms with Crippen LogP contribution in [0.1, 0.15) is 5.69 Å². The van der Waals surface area contributed by atoms with Crippen molar-refractivity contribution in [2.45, 2.75) is 10.9 Å². The predicted octanol–water partition coefficient (Wildman–Crippen LogP) is 2.84. The first-order chi connectivity index (χ1) is 10.3. The van der Waals surface area contributed by atoms with Gasteiger partial charge < -0.3 is 10.7 Å². The SMILES string of the molecule is Nc1nc(CSc2nnc3c(n2)[nH]c2ccccc23)cs1. The Labute approximate surface area is 127 Å². The molecule has 0 saturated heterocycles. The fraction of sp³-hybridized carbons (Fsp3) is 0.0769. The smallest absolute Gasteiger partial charge is 0.211 e. The summed E-state index contributed by atoms with van der Waals surface area (Å²) in [6.07, 6.45) is 0. The molecule has 0 aliphatic carbocycles. The van der Waals surface area contributed by atoms with Gasteiger partial charge in [-0.3, -0.25) is 0 Å². The lowest BCUT2D eigenvalue weighted by Crippen LogP contribution is -1.92. The van der Waals surface area contributed by atoms with Gasteiger partial charge in [0, 0.05) is 22.0 Å². The van der Waals surface area contributed by atoms with Crippen LogP contribution in [-0.4, -0.2) is 25.1 Å². The van der Waals surface area contributed by atoms with Crippen LogP contribution in [0, 0.1) is 0 Å². The summed E-state index contributed by atoms with van der Waals surface area (Å²) in [7, 11) is 0. The number of aromatic nitrogens is 5. The van der Waals surface area contributed by atoms with Gasteiger partial charge in [0.2, 0.25) is 5.16 Å². The van der Waals surface area contributed by atoms with Crippen LogP contribution in [-0.2, 0) is 5.75 Å². The molecule has 3 aromatic heterocycles. The Morgan fingerprint density at radius 1 is 1.19 bits per heavy atom. The number of hydrogen-bond acceptors (Lipinski definition) is 7. The summed E-state index contributed by atoms with van der Waals surface area (Å²) < 4.78 is 0. The van der Waals surface area contributed by atoms with Crippen molar-refractivity contribution in [2.75, 3.05) is 5.73 Å². The van der Waals surface area contributed by atoms with Gasteiger partial charge in [-0.25, -0.2) is 9.97 Å². The zero-order valence-electron chi connectivity index (χ0n) is 10.8. The van der Waals surface area contributed by atoms with E-state index in [1.807, 2.05) is 29.6 Å². The van der Waals surface area contributed by atoms with E-state index >= 15 is 0 Å². The van der Waals surface area contributed by atoms with Gasteiger partial charge in [-0.2, -0.15) is 0 Å². The van der Waals surface area contributed by atoms with Gasteiger partial charge >= 0.3 is 0 Å². The van der Waals surface area contributed by atoms with E-state index in [0.29, 0.717) is 16.0 Å². The third kappa shape index (κ3) is 2.32. The van der Waals surface area contributed by atoms with Crippen molar-refractivity contribution in [2.24, 2.45) is 0 Å². The molecule has 21 heavy (non-hydrogen) atoms. The molecule has 0 unspecified atom stereocenters. The molecular formula is C13H10N6S2. The molecule has 3 heterocycles. The molecule has 4 aromatic rings. The lowest BCUT2D eigenvalue weighted by Gasteiger charge is -1.96. The van der Waals surface area contributed by atoms with Crippen LogP contribution in [0.5, 0.6) is 0 Å². The summed E-state index contributed by atoms with van der Waals surface area (Å²) in [4.78, 5) is 12.0. The van der Waals surface area contributed by atoms with E-state index in [2.05, 4.69) is 25.1 Å². The molecule has 3 N–H and O–H groups in total. The zero-order valence-corrected chi connectivity index (χ0v) is 12.4. The number of nitrogens with one attached hydrogen (secondary N) is 1. The average Bonchev–Trinajstić information content (AvgIpc) is 3.07. The number of H-pyrrole nitrogens is 1. The van der Waals surface area contributed by atoms with Crippen LogP contribution >= 0.6 is 23.1 Å². The number of hydrogen-bond donors (Lipinski definition) is 2. The molecule has 0 amide bonds. The van der Waals surface area contributed by atoms with Crippen molar-refractivity contribution in [3.63, 3.8) is 0 Å². The molecule has 6 nitrogen and oxygen atoms in total. The van der Waals surface area contributed by atoms with Crippen LogP contribution < -0.4 is 5.73 Å². The standard InChI is InChI=1S/C13H10N6S2/c14-12-15-7(5-20-12)6-21-13-17-11-10(18-19-13)8-3-1-2-4-9(8)16-11/h1-5H,6H2,(H2,14,15)(H,16,17,19). The van der Waals surface area contributed by atoms with E-state index in [1.54, 1.807) is 0 Å². The van der Waals surface area contributed by atoms with E-state index in [-0.39, 0.29) is 0 Å². The number of nitrogens with two attached hydrogens (primary N) is 1. The second-order valence-electron chi connectivity index (χ2n) is 4.43. The third-order valence-electron chi connectivity index (χ3n) is 3.02. The fourth-order valence-electron chi connectivity index (χ4n) is 2.09. The number of fused-ring (bicyclic) bond motifs is 3. The van der Waals surface area contributed by atoms with Crippen LogP contribution in [0.15, 0.2) is 34.8 Å². The van der Waals surface area contributed by atoms with Gasteiger partial charge in [-0.1, -0.05) is 30.0 Å². The maximum absolute atomic E-state index is 5.61. The number of aromatic amines is 1. The number of nitrogen functional groups attached to an aromatic ring is 1. The van der Waals surface area contributed by atoms with Crippen molar-refractivity contribution < 1.29 is 0 Å². The van der Waals surface area contributed by atoms with Crippen molar-refractivity contribution in [3.05, 3.63) is 35.3 Å². The van der Waals surface area contributed by atoms with E-state index in [4.69, 9.17) is 5.73 Å². The van der Waals surface area contributed by atoms with E-state index < -0.39 is 0 Å². The molecular weight excluding hydrogens is 304 g/mol. The normalized spacial score (nSPS) is 11.4. The Morgan fingerprint density at radius 3 is 2.95 bits per heavy atom. The molecule has 1 aromatic carbocycles. The number of anilines is 1. The molecule has 4 rings (SSSR count). The molecule has 0 radical (unpaired) electrons. The fourth-order valence-corrected chi connectivity index (χ4v) is 3.44. The van der Waals surface area contributed by atoms with Gasteiger partial charge in [0.05, 0.1) is 5.69 Å². The molecule has 0 aliphatic rings. The van der Waals surface area contributed by atoms with Gasteiger partial charge in [-0.05, 0) is 6.07 Å². The number of para-hydroxylation sites is 1. The Hall–Kier alpha value is -2.19. The monoisotopic (exact) mass is 314 g/mol. The Bertz CT molecular complexity index is 929. The van der Waals surface area contributed by atoms with Crippen molar-refractivity contribution >= 4 is 50.3 Å². The third-order valence-corrected chi connectivity index (χ3v) is 4.62. The topological polar surface area (TPSA) is 93.4 Å². The summed E-state index contributed by atoms with van der Waals surface area (Å²) in [5, 5.41) is 12.6. The summed E-state index contributed by atoms with van der Waals surface area (Å²) in [5.74, 6) is 0.682. The average molecular weight is 314 g/mol. The highest BCUT2D eigenvalue weighted by molar-refractivity contribution is 7.98. The largest absolute Gasteiger partial charge is 0.375 e. The zero-order chi connectivity index (χ0) is 14.2. The molecule has 104 valence electrons. The van der Waals surface area contributed by atoms with Crippen LogP contribution in [0.4, 0.5) is 5.13 Å². The van der Waals surface area contributed by atoms with Gasteiger partial charge in [0.25, 0.3) is 0 Å². The lowest BCUT2D eigenvalue weighted by atomic mass is 10.2. The summed E-state index contributed by atoms with van der Waals surface area (Å²) in [6.45, 7) is 0. The minimum atomic E-state index is 0.579. The minimum absolute atomic E-state index is 0.579. The molecule has 0 atom stereocenters. The maximum atomic E-state index is 5.61. The molecule has 0 bridgehead atoms. The highest BCUT2D eigenvalue weighted by Gasteiger charge is 2.09. The number of thioether (sulfide) groups is 1. The van der Waals surface area contributed by atoms with Crippen molar-refractivity contribution in [3.8, 4) is 0 Å². The number of rotatable bonds is 3. The maximum Gasteiger partial charge on any atom is 0.211 e. The molecule has 0 fully saturated rings. The highest BCUT2D eigenvalue weighted by atomic mass is 32.2. The second kappa shape index (κ2) is 4.97. The first-order valence-electron chi connectivity index (χ1n) is 6.23. The lowest BCUT2D eigenvalue weighted by molar-refractivity contribution is 0.877. The van der Waals surface area contributed by atoms with E-state index in [1.165, 1.54) is 23.1 Å². The van der Waals surface area contributed by atoms with Gasteiger partial charge in [0.15, 0.2) is 10.8 Å². The van der Waals surface area contributed by atoms with Crippen LogP contribution in [0.25, 0.3) is 22.1 Å². The molecule has 0 saturated carbocycles. The highest BCUT2D eigenvalue weighted by Crippen LogP contribution is 2.25. The molecule has 0 aliphatic heterocycles. The number of nitrogens with zero attached hydrogens (tertiary/aromatic N) is 4. The Kier molecular flexibility index (Phi) is 2.97. The van der Waals surface area contributed by atoms with Crippen LogP contribution in [0.3, 0.4) is 0 Å².